The molecule has 3 aromatic rings. The summed E-state index contributed by atoms with van der Waals surface area (Å²) in [6.45, 7) is 13.7. The van der Waals surface area contributed by atoms with Gasteiger partial charge in [0.1, 0.15) is 47.4 Å². The average molecular weight is 685 g/mol. The van der Waals surface area contributed by atoms with E-state index in [0.29, 0.717) is 21.8 Å². The SMILES string of the molecule is C#Cc1cn([C@@H]2S[C@H](COC(=O)c3ccc(Cl)cc3)[C@H]3OC(C)(C)O[C@H]32)c2ncnc(N(C(=O)OC(C)(C)C)C(=O)OC(C)(C)C)c12. The zero-order chi connectivity index (χ0) is 34.5. The van der Waals surface area contributed by atoms with Crippen molar-refractivity contribution >= 4 is 58.4 Å². The van der Waals surface area contributed by atoms with Crippen molar-refractivity contribution in [3.05, 3.63) is 52.9 Å². The van der Waals surface area contributed by atoms with Crippen LogP contribution in [0, 0.1) is 12.3 Å². The molecule has 0 aliphatic carbocycles. The van der Waals surface area contributed by atoms with Crippen molar-refractivity contribution in [1.82, 2.24) is 14.5 Å². The minimum absolute atomic E-state index is 0.0374. The van der Waals surface area contributed by atoms with Crippen molar-refractivity contribution in [2.45, 2.75) is 95.2 Å². The van der Waals surface area contributed by atoms with Crippen LogP contribution in [-0.4, -0.2) is 73.7 Å². The van der Waals surface area contributed by atoms with Gasteiger partial charge in [0.25, 0.3) is 0 Å². The third-order valence-electron chi connectivity index (χ3n) is 6.97. The first-order chi connectivity index (χ1) is 21.9. The Bertz CT molecular complexity index is 1710. The van der Waals surface area contributed by atoms with Crippen LogP contribution in [0.25, 0.3) is 11.0 Å². The van der Waals surface area contributed by atoms with Crippen LogP contribution < -0.4 is 4.90 Å². The molecule has 0 unspecified atom stereocenters. The van der Waals surface area contributed by atoms with Crippen LogP contribution in [0.15, 0.2) is 36.8 Å². The highest BCUT2D eigenvalue weighted by Gasteiger charge is 2.56. The van der Waals surface area contributed by atoms with E-state index in [1.54, 1.807) is 72.0 Å². The lowest BCUT2D eigenvalue weighted by atomic mass is 10.1. The highest BCUT2D eigenvalue weighted by atomic mass is 35.5. The molecule has 1 aromatic carbocycles. The topological polar surface area (TPSA) is 131 Å². The number of hydrogen-bond acceptors (Lipinski definition) is 11. The van der Waals surface area contributed by atoms with Gasteiger partial charge in [-0.25, -0.2) is 24.4 Å². The Morgan fingerprint density at radius 1 is 1.02 bits per heavy atom. The zero-order valence-electron chi connectivity index (χ0n) is 27.4. The number of nitrogens with zero attached hydrogens (tertiary/aromatic N) is 4. The number of halogens is 1. The van der Waals surface area contributed by atoms with Crippen LogP contribution in [0.5, 0.6) is 0 Å². The van der Waals surface area contributed by atoms with Crippen LogP contribution in [0.3, 0.4) is 0 Å². The summed E-state index contributed by atoms with van der Waals surface area (Å²) in [7, 11) is 0. The first-order valence-corrected chi connectivity index (χ1v) is 16.2. The van der Waals surface area contributed by atoms with Gasteiger partial charge in [-0.15, -0.1) is 18.2 Å². The van der Waals surface area contributed by atoms with Gasteiger partial charge >= 0.3 is 18.2 Å². The molecular formula is C33H37ClN4O8S. The van der Waals surface area contributed by atoms with Gasteiger partial charge in [-0.1, -0.05) is 17.5 Å². The summed E-state index contributed by atoms with van der Waals surface area (Å²) in [6.07, 6.45) is 5.97. The normalized spacial score (nSPS) is 22.0. The van der Waals surface area contributed by atoms with Crippen LogP contribution in [-0.2, 0) is 23.7 Å². The first kappa shape index (κ1) is 34.5. The fraction of sp³-hybridized carbons (Fsp3) is 0.485. The zero-order valence-corrected chi connectivity index (χ0v) is 29.0. The molecule has 0 spiro atoms. The lowest BCUT2D eigenvalue weighted by Gasteiger charge is -2.28. The molecule has 2 aromatic heterocycles. The first-order valence-electron chi connectivity index (χ1n) is 14.9. The number of esters is 1. The van der Waals surface area contributed by atoms with E-state index >= 15 is 0 Å². The molecule has 4 atom stereocenters. The predicted octanol–water partition coefficient (Wildman–Crippen LogP) is 6.73. The van der Waals surface area contributed by atoms with Gasteiger partial charge in [-0.3, -0.25) is 0 Å². The number of fused-ring (bicyclic) bond motifs is 2. The van der Waals surface area contributed by atoms with E-state index in [2.05, 4.69) is 15.9 Å². The predicted molar refractivity (Wildman–Crippen MR) is 176 cm³/mol. The minimum atomic E-state index is -0.991. The number of thioether (sulfide) groups is 1. The molecule has 250 valence electrons. The highest BCUT2D eigenvalue weighted by Crippen LogP contribution is 2.52. The summed E-state index contributed by atoms with van der Waals surface area (Å²) in [6, 6.07) is 6.43. The number of carbonyl (C=O) groups excluding carboxylic acids is 3. The fourth-order valence-electron chi connectivity index (χ4n) is 5.25. The number of ether oxygens (including phenoxy) is 5. The molecule has 2 fully saturated rings. The van der Waals surface area contributed by atoms with Crippen molar-refractivity contribution in [3.63, 3.8) is 0 Å². The van der Waals surface area contributed by atoms with Gasteiger partial charge in [0.05, 0.1) is 21.8 Å². The molecule has 2 aliphatic rings. The number of benzene rings is 1. The van der Waals surface area contributed by atoms with Crippen molar-refractivity contribution in [2.75, 3.05) is 11.5 Å². The number of anilines is 1. The number of aromatic nitrogens is 3. The Kier molecular flexibility index (Phi) is 9.29. The van der Waals surface area contributed by atoms with Gasteiger partial charge in [0.15, 0.2) is 11.6 Å². The average Bonchev–Trinajstić information content (AvgIpc) is 3.58. The van der Waals surface area contributed by atoms with Gasteiger partial charge in [0.2, 0.25) is 0 Å². The van der Waals surface area contributed by atoms with Crippen LogP contribution in [0.1, 0.15) is 76.7 Å². The molecule has 0 N–H and O–H groups in total. The minimum Gasteiger partial charge on any atom is -0.461 e. The van der Waals surface area contributed by atoms with Gasteiger partial charge < -0.3 is 28.3 Å². The molecule has 2 aliphatic heterocycles. The van der Waals surface area contributed by atoms with Gasteiger partial charge in [-0.05, 0) is 79.7 Å². The number of terminal acetylenes is 1. The third kappa shape index (κ3) is 7.51. The van der Waals surface area contributed by atoms with Crippen molar-refractivity contribution in [2.24, 2.45) is 0 Å². The van der Waals surface area contributed by atoms with E-state index in [9.17, 15) is 14.4 Å². The Labute approximate surface area is 282 Å². The van der Waals surface area contributed by atoms with Gasteiger partial charge in [0, 0.05) is 11.2 Å². The van der Waals surface area contributed by atoms with Gasteiger partial charge in [-0.2, -0.15) is 4.90 Å². The molecule has 14 heteroatoms. The van der Waals surface area contributed by atoms with Crippen LogP contribution in [0.4, 0.5) is 15.4 Å². The summed E-state index contributed by atoms with van der Waals surface area (Å²) in [5.74, 6) is 1.13. The lowest BCUT2D eigenvalue weighted by Crippen LogP contribution is -2.44. The number of hydrogen-bond donors (Lipinski definition) is 0. The molecule has 47 heavy (non-hydrogen) atoms. The van der Waals surface area contributed by atoms with E-state index in [1.165, 1.54) is 18.1 Å². The number of carbonyl (C=O) groups is 3. The van der Waals surface area contributed by atoms with Crippen molar-refractivity contribution in [3.8, 4) is 12.3 Å². The van der Waals surface area contributed by atoms with E-state index in [4.69, 9.17) is 41.7 Å². The number of imide groups is 1. The Morgan fingerprint density at radius 2 is 1.62 bits per heavy atom. The molecule has 2 saturated heterocycles. The van der Waals surface area contributed by atoms with E-state index in [1.807, 2.05) is 18.4 Å². The maximum absolute atomic E-state index is 13.5. The van der Waals surface area contributed by atoms with E-state index < -0.39 is 52.7 Å². The van der Waals surface area contributed by atoms with E-state index in [0.717, 1.165) is 4.90 Å². The fourth-order valence-corrected chi connectivity index (χ4v) is 6.90. The molecule has 0 radical (unpaired) electrons. The quantitative estimate of drug-likeness (QED) is 0.161. The molecule has 4 heterocycles. The second-order valence-corrected chi connectivity index (χ2v) is 15.3. The van der Waals surface area contributed by atoms with Crippen LogP contribution in [0.2, 0.25) is 5.02 Å². The summed E-state index contributed by atoms with van der Waals surface area (Å²) in [5, 5.41) is -0.00417. The van der Waals surface area contributed by atoms with Crippen molar-refractivity contribution < 1.29 is 38.1 Å². The molecule has 2 amide bonds. The summed E-state index contributed by atoms with van der Waals surface area (Å²) >= 11 is 7.43. The van der Waals surface area contributed by atoms with E-state index in [-0.39, 0.29) is 23.1 Å². The number of amides is 2. The van der Waals surface area contributed by atoms with Crippen LogP contribution >= 0.6 is 23.4 Å². The summed E-state index contributed by atoms with van der Waals surface area (Å²) < 4.78 is 31.3. The summed E-state index contributed by atoms with van der Waals surface area (Å²) in [4.78, 5) is 49.4. The molecule has 12 nitrogen and oxygen atoms in total. The smallest absolute Gasteiger partial charge is 0.425 e. The molecular weight excluding hydrogens is 648 g/mol. The largest absolute Gasteiger partial charge is 0.461 e. The molecule has 0 bridgehead atoms. The Balaban J connectivity index is 1.53. The third-order valence-corrected chi connectivity index (χ3v) is 8.75. The lowest BCUT2D eigenvalue weighted by molar-refractivity contribution is -0.149. The second-order valence-electron chi connectivity index (χ2n) is 13.5. The highest BCUT2D eigenvalue weighted by molar-refractivity contribution is 8.00. The monoisotopic (exact) mass is 684 g/mol. The maximum atomic E-state index is 13.5. The maximum Gasteiger partial charge on any atom is 0.425 e. The second kappa shape index (κ2) is 12.6. The standard InChI is InChI=1S/C33H37ClN4O8S/c1-10-18-15-37(25-22(18)26(36-17-35-25)38(29(40)45-31(2,3)4)30(41)46-32(5,6)7)27-24-23(43-33(8,9)44-24)21(47-27)16-42-28(39)19-11-13-20(34)14-12-19/h1,11-15,17,21,23-24,27H,16H2,2-9H3/t21-,23-,24-,27-/m1/s1. The molecule has 0 saturated carbocycles. The number of rotatable bonds is 5. The summed E-state index contributed by atoms with van der Waals surface area (Å²) in [5.41, 5.74) is -0.839. The Hall–Kier alpha value is -3.83. The van der Waals surface area contributed by atoms with Crippen molar-refractivity contribution in [1.29, 1.82) is 0 Å². The Morgan fingerprint density at radius 3 is 2.19 bits per heavy atom. The molecule has 5 rings (SSSR count).